The highest BCUT2D eigenvalue weighted by molar-refractivity contribution is 7.99. The number of nitrogens with zero attached hydrogens (tertiary/aromatic N) is 2. The summed E-state index contributed by atoms with van der Waals surface area (Å²) in [4.78, 5) is 17.0. The Morgan fingerprint density at radius 1 is 1.26 bits per heavy atom. The fourth-order valence-corrected chi connectivity index (χ4v) is 3.26. The summed E-state index contributed by atoms with van der Waals surface area (Å²) in [5, 5.41) is 3.48. The van der Waals surface area contributed by atoms with Crippen LogP contribution in [0.25, 0.3) is 11.0 Å². The quantitative estimate of drug-likeness (QED) is 0.453. The van der Waals surface area contributed by atoms with Crippen LogP contribution >= 0.6 is 11.8 Å². The number of imidazole rings is 1. The van der Waals surface area contributed by atoms with Crippen molar-refractivity contribution in [1.29, 1.82) is 0 Å². The Labute approximate surface area is 159 Å². The first-order valence-corrected chi connectivity index (χ1v) is 9.09. The number of nitrogens with one attached hydrogen (secondary N) is 1. The molecule has 0 fully saturated rings. The Bertz CT molecular complexity index is 942. The predicted molar refractivity (Wildman–Crippen MR) is 102 cm³/mol. The molecule has 0 atom stereocenters. The lowest BCUT2D eigenvalue weighted by molar-refractivity contribution is -0.116. The fourth-order valence-electron chi connectivity index (χ4n) is 2.51. The van der Waals surface area contributed by atoms with Gasteiger partial charge in [-0.2, -0.15) is 8.78 Å². The highest BCUT2D eigenvalue weighted by Crippen LogP contribution is 2.24. The number of thioether (sulfide) groups is 1. The lowest BCUT2D eigenvalue weighted by atomic mass is 10.3. The van der Waals surface area contributed by atoms with Gasteiger partial charge in [0.05, 0.1) is 11.0 Å². The molecule has 5 nitrogen and oxygen atoms in total. The van der Waals surface area contributed by atoms with Crippen molar-refractivity contribution in [3.63, 3.8) is 0 Å². The minimum Gasteiger partial charge on any atom is -0.435 e. The molecule has 0 spiro atoms. The number of carbonyl (C=O) groups is 1. The second-order valence-electron chi connectivity index (χ2n) is 5.52. The standard InChI is InChI=1S/C19H17F2N3O2S/c1-2-11-27-19-23-15-5-3-4-6-16(15)24(19)12-17(25)22-13-7-9-14(10-8-13)26-18(20)21/h2-10,18H,1,11-12H2,(H,22,25). The lowest BCUT2D eigenvalue weighted by Crippen LogP contribution is -2.19. The van der Waals surface area contributed by atoms with Gasteiger partial charge in [-0.25, -0.2) is 4.98 Å². The van der Waals surface area contributed by atoms with Gasteiger partial charge >= 0.3 is 6.61 Å². The molecule has 3 rings (SSSR count). The van der Waals surface area contributed by atoms with E-state index in [4.69, 9.17) is 0 Å². The maximum atomic E-state index is 12.5. The van der Waals surface area contributed by atoms with Crippen molar-refractivity contribution in [2.24, 2.45) is 0 Å². The Balaban J connectivity index is 1.74. The molecule has 2 aromatic carbocycles. The first-order chi connectivity index (χ1) is 13.1. The Hall–Kier alpha value is -2.87. The van der Waals surface area contributed by atoms with E-state index in [9.17, 15) is 13.6 Å². The number of benzene rings is 2. The highest BCUT2D eigenvalue weighted by Gasteiger charge is 2.14. The van der Waals surface area contributed by atoms with E-state index in [0.29, 0.717) is 11.4 Å². The molecule has 0 unspecified atom stereocenters. The van der Waals surface area contributed by atoms with E-state index in [2.05, 4.69) is 21.6 Å². The van der Waals surface area contributed by atoms with Crippen LogP contribution in [0.2, 0.25) is 0 Å². The number of amides is 1. The van der Waals surface area contributed by atoms with Crippen LogP contribution in [0.15, 0.2) is 66.3 Å². The largest absolute Gasteiger partial charge is 0.435 e. The molecule has 27 heavy (non-hydrogen) atoms. The summed E-state index contributed by atoms with van der Waals surface area (Å²) < 4.78 is 30.5. The van der Waals surface area contributed by atoms with Crippen LogP contribution in [-0.2, 0) is 11.3 Å². The van der Waals surface area contributed by atoms with Crippen molar-refractivity contribution in [2.45, 2.75) is 18.3 Å². The molecule has 0 aliphatic rings. The molecule has 8 heteroatoms. The number of hydrogen-bond donors (Lipinski definition) is 1. The van der Waals surface area contributed by atoms with Crippen LogP contribution in [0.1, 0.15) is 0 Å². The molecular weight excluding hydrogens is 372 g/mol. The van der Waals surface area contributed by atoms with Crippen LogP contribution < -0.4 is 10.1 Å². The van der Waals surface area contributed by atoms with Gasteiger partial charge in [-0.3, -0.25) is 4.79 Å². The number of anilines is 1. The average molecular weight is 389 g/mol. The summed E-state index contributed by atoms with van der Waals surface area (Å²) in [5.41, 5.74) is 2.16. The Morgan fingerprint density at radius 2 is 2.00 bits per heavy atom. The molecule has 0 aliphatic heterocycles. The number of halogens is 2. The first kappa shape index (κ1) is 18.9. The maximum absolute atomic E-state index is 12.5. The molecule has 0 saturated carbocycles. The number of alkyl halides is 2. The molecule has 0 radical (unpaired) electrons. The van der Waals surface area contributed by atoms with Gasteiger partial charge in [0.1, 0.15) is 12.3 Å². The zero-order valence-corrected chi connectivity index (χ0v) is 15.1. The summed E-state index contributed by atoms with van der Waals surface area (Å²) in [6.07, 6.45) is 1.78. The van der Waals surface area contributed by atoms with E-state index in [-0.39, 0.29) is 18.2 Å². The third-order valence-electron chi connectivity index (χ3n) is 3.61. The molecule has 0 bridgehead atoms. The summed E-state index contributed by atoms with van der Waals surface area (Å²) in [7, 11) is 0. The Morgan fingerprint density at radius 3 is 2.70 bits per heavy atom. The fraction of sp³-hybridized carbons (Fsp3) is 0.158. The lowest BCUT2D eigenvalue weighted by Gasteiger charge is -2.10. The zero-order valence-electron chi connectivity index (χ0n) is 14.3. The van der Waals surface area contributed by atoms with E-state index >= 15 is 0 Å². The summed E-state index contributed by atoms with van der Waals surface area (Å²) in [6.45, 7) is 0.902. The third kappa shape index (κ3) is 4.85. The van der Waals surface area contributed by atoms with Crippen molar-refractivity contribution < 1.29 is 18.3 Å². The number of para-hydroxylation sites is 2. The van der Waals surface area contributed by atoms with Crippen molar-refractivity contribution in [1.82, 2.24) is 9.55 Å². The van der Waals surface area contributed by atoms with Gasteiger partial charge in [0.25, 0.3) is 0 Å². The maximum Gasteiger partial charge on any atom is 0.387 e. The van der Waals surface area contributed by atoms with E-state index in [1.54, 1.807) is 6.08 Å². The molecule has 0 saturated heterocycles. The van der Waals surface area contributed by atoms with E-state index < -0.39 is 6.61 Å². The smallest absolute Gasteiger partial charge is 0.387 e. The molecular formula is C19H17F2N3O2S. The molecule has 140 valence electrons. The number of aromatic nitrogens is 2. The summed E-state index contributed by atoms with van der Waals surface area (Å²) >= 11 is 1.49. The monoisotopic (exact) mass is 389 g/mol. The zero-order chi connectivity index (χ0) is 19.2. The minimum absolute atomic E-state index is 0.0340. The van der Waals surface area contributed by atoms with Gasteiger partial charge in [-0.05, 0) is 36.4 Å². The number of ether oxygens (including phenoxy) is 1. The number of rotatable bonds is 8. The van der Waals surface area contributed by atoms with E-state index in [1.165, 1.54) is 36.0 Å². The van der Waals surface area contributed by atoms with Gasteiger partial charge in [0.2, 0.25) is 5.91 Å². The second kappa shape index (κ2) is 8.68. The highest BCUT2D eigenvalue weighted by atomic mass is 32.2. The minimum atomic E-state index is -2.88. The van der Waals surface area contributed by atoms with Crippen LogP contribution in [0.3, 0.4) is 0 Å². The van der Waals surface area contributed by atoms with Crippen LogP contribution in [-0.4, -0.2) is 27.8 Å². The van der Waals surface area contributed by atoms with Crippen molar-refractivity contribution >= 4 is 34.4 Å². The second-order valence-corrected chi connectivity index (χ2v) is 6.51. The normalized spacial score (nSPS) is 10.9. The number of hydrogen-bond acceptors (Lipinski definition) is 4. The summed E-state index contributed by atoms with van der Waals surface area (Å²) in [5.74, 6) is 0.462. The molecule has 0 aliphatic carbocycles. The van der Waals surface area contributed by atoms with Gasteiger partial charge in [-0.1, -0.05) is 30.0 Å². The van der Waals surface area contributed by atoms with Crippen LogP contribution in [0.5, 0.6) is 5.75 Å². The van der Waals surface area contributed by atoms with Gasteiger partial charge in [-0.15, -0.1) is 6.58 Å². The van der Waals surface area contributed by atoms with Crippen molar-refractivity contribution in [2.75, 3.05) is 11.1 Å². The molecule has 1 amide bonds. The van der Waals surface area contributed by atoms with E-state index in [0.717, 1.165) is 16.2 Å². The van der Waals surface area contributed by atoms with Gasteiger partial charge < -0.3 is 14.6 Å². The molecule has 3 aromatic rings. The van der Waals surface area contributed by atoms with Crippen LogP contribution in [0, 0.1) is 0 Å². The van der Waals surface area contributed by atoms with Crippen molar-refractivity contribution in [3.8, 4) is 5.75 Å². The summed E-state index contributed by atoms with van der Waals surface area (Å²) in [6, 6.07) is 13.4. The predicted octanol–water partition coefficient (Wildman–Crippen LogP) is 4.55. The van der Waals surface area contributed by atoms with Crippen LogP contribution in [0.4, 0.5) is 14.5 Å². The number of fused-ring (bicyclic) bond motifs is 1. The molecule has 1 aromatic heterocycles. The third-order valence-corrected chi connectivity index (χ3v) is 4.59. The van der Waals surface area contributed by atoms with Crippen molar-refractivity contribution in [3.05, 3.63) is 61.2 Å². The molecule has 1 N–H and O–H groups in total. The topological polar surface area (TPSA) is 56.2 Å². The number of carbonyl (C=O) groups excluding carboxylic acids is 1. The van der Waals surface area contributed by atoms with Gasteiger partial charge in [0, 0.05) is 11.4 Å². The van der Waals surface area contributed by atoms with Gasteiger partial charge in [0.15, 0.2) is 5.16 Å². The van der Waals surface area contributed by atoms with E-state index in [1.807, 2.05) is 28.8 Å². The SMILES string of the molecule is C=CCSc1nc2ccccc2n1CC(=O)Nc1ccc(OC(F)F)cc1. The average Bonchev–Trinajstić information content (AvgIpc) is 2.99. The molecule has 1 heterocycles. The Kier molecular flexibility index (Phi) is 6.08. The first-order valence-electron chi connectivity index (χ1n) is 8.10.